The molecule has 1 aliphatic rings. The number of aryl methyl sites for hydroxylation is 1. The molecular weight excluding hydrogens is 164 g/mol. The van der Waals surface area contributed by atoms with E-state index in [1.165, 1.54) is 5.56 Å². The highest BCUT2D eigenvalue weighted by Gasteiger charge is 2.20. The van der Waals surface area contributed by atoms with Gasteiger partial charge in [-0.25, -0.2) is 0 Å². The molecule has 1 saturated heterocycles. The van der Waals surface area contributed by atoms with Gasteiger partial charge < -0.3 is 10.5 Å². The smallest absolute Gasteiger partial charge is 0.0604 e. The van der Waals surface area contributed by atoms with Gasteiger partial charge in [-0.3, -0.25) is 4.98 Å². The fourth-order valence-electron chi connectivity index (χ4n) is 1.73. The summed E-state index contributed by atoms with van der Waals surface area (Å²) in [6, 6.07) is 2.00. The molecule has 0 bridgehead atoms. The molecule has 1 unspecified atom stereocenters. The van der Waals surface area contributed by atoms with Gasteiger partial charge >= 0.3 is 0 Å². The summed E-state index contributed by atoms with van der Waals surface area (Å²) in [6.45, 7) is 3.59. The molecule has 1 atom stereocenters. The fraction of sp³-hybridized carbons (Fsp3) is 0.500. The first-order chi connectivity index (χ1) is 6.29. The number of hydrogen-bond acceptors (Lipinski definition) is 3. The van der Waals surface area contributed by atoms with Gasteiger partial charge in [-0.2, -0.15) is 0 Å². The first-order valence-electron chi connectivity index (χ1n) is 4.58. The van der Waals surface area contributed by atoms with Crippen molar-refractivity contribution >= 4 is 5.69 Å². The van der Waals surface area contributed by atoms with E-state index in [0.29, 0.717) is 5.92 Å². The van der Waals surface area contributed by atoms with E-state index in [0.717, 1.165) is 31.0 Å². The molecule has 0 spiro atoms. The summed E-state index contributed by atoms with van der Waals surface area (Å²) in [5.41, 5.74) is 8.90. The highest BCUT2D eigenvalue weighted by atomic mass is 16.5. The van der Waals surface area contributed by atoms with Gasteiger partial charge in [0.1, 0.15) is 0 Å². The number of aromatic nitrogens is 1. The fourth-order valence-corrected chi connectivity index (χ4v) is 1.73. The summed E-state index contributed by atoms with van der Waals surface area (Å²) in [6.07, 6.45) is 2.90. The minimum atomic E-state index is 0.474. The minimum Gasteiger partial charge on any atom is -0.397 e. The maximum absolute atomic E-state index is 5.94. The van der Waals surface area contributed by atoms with Crippen LogP contribution < -0.4 is 5.73 Å². The zero-order valence-electron chi connectivity index (χ0n) is 7.79. The van der Waals surface area contributed by atoms with Crippen molar-refractivity contribution in [2.24, 2.45) is 0 Å². The largest absolute Gasteiger partial charge is 0.397 e. The maximum atomic E-state index is 5.94. The Morgan fingerprint density at radius 3 is 3.15 bits per heavy atom. The van der Waals surface area contributed by atoms with Crippen LogP contribution in [0.1, 0.15) is 23.6 Å². The standard InChI is InChI=1S/C10H14N2O/c1-7-10(11)9(2-4-12-7)8-3-5-13-6-8/h2,4,8H,3,5-6,11H2,1H3. The third-order valence-electron chi connectivity index (χ3n) is 2.59. The number of nitrogens with zero attached hydrogens (tertiary/aromatic N) is 1. The van der Waals surface area contributed by atoms with Crippen molar-refractivity contribution in [1.29, 1.82) is 0 Å². The predicted octanol–water partition coefficient (Wildman–Crippen LogP) is 1.48. The topological polar surface area (TPSA) is 48.1 Å². The normalized spacial score (nSPS) is 22.1. The summed E-state index contributed by atoms with van der Waals surface area (Å²) in [5, 5.41) is 0. The van der Waals surface area contributed by atoms with E-state index < -0.39 is 0 Å². The highest BCUT2D eigenvalue weighted by molar-refractivity contribution is 5.51. The average molecular weight is 178 g/mol. The maximum Gasteiger partial charge on any atom is 0.0604 e. The minimum absolute atomic E-state index is 0.474. The van der Waals surface area contributed by atoms with Crippen LogP contribution in [-0.2, 0) is 4.74 Å². The van der Waals surface area contributed by atoms with Crippen molar-refractivity contribution in [1.82, 2.24) is 4.98 Å². The Morgan fingerprint density at radius 2 is 2.46 bits per heavy atom. The second kappa shape index (κ2) is 3.34. The Morgan fingerprint density at radius 1 is 1.62 bits per heavy atom. The molecule has 1 aromatic rings. The molecule has 13 heavy (non-hydrogen) atoms. The molecule has 1 aliphatic heterocycles. The third kappa shape index (κ3) is 1.52. The van der Waals surface area contributed by atoms with Crippen LogP contribution in [0.5, 0.6) is 0 Å². The summed E-state index contributed by atoms with van der Waals surface area (Å²) < 4.78 is 5.33. The molecule has 2 rings (SSSR count). The average Bonchev–Trinajstić information content (AvgIpc) is 2.62. The van der Waals surface area contributed by atoms with Crippen LogP contribution in [0, 0.1) is 6.92 Å². The molecule has 1 aromatic heterocycles. The van der Waals surface area contributed by atoms with Crippen molar-refractivity contribution in [3.8, 4) is 0 Å². The van der Waals surface area contributed by atoms with E-state index in [2.05, 4.69) is 4.98 Å². The number of ether oxygens (including phenoxy) is 1. The van der Waals surface area contributed by atoms with Gasteiger partial charge in [0.25, 0.3) is 0 Å². The zero-order chi connectivity index (χ0) is 9.26. The predicted molar refractivity (Wildman–Crippen MR) is 51.6 cm³/mol. The lowest BCUT2D eigenvalue weighted by atomic mass is 9.97. The van der Waals surface area contributed by atoms with Crippen LogP contribution in [-0.4, -0.2) is 18.2 Å². The molecule has 1 fully saturated rings. The van der Waals surface area contributed by atoms with Gasteiger partial charge in [0, 0.05) is 18.7 Å². The SMILES string of the molecule is Cc1nccc(C2CCOC2)c1N. The number of pyridine rings is 1. The van der Waals surface area contributed by atoms with Crippen LogP contribution in [0.4, 0.5) is 5.69 Å². The lowest BCUT2D eigenvalue weighted by Crippen LogP contribution is -2.05. The van der Waals surface area contributed by atoms with E-state index in [1.807, 2.05) is 19.2 Å². The van der Waals surface area contributed by atoms with Crippen LogP contribution in [0.3, 0.4) is 0 Å². The van der Waals surface area contributed by atoms with Crippen LogP contribution in [0.25, 0.3) is 0 Å². The number of rotatable bonds is 1. The summed E-state index contributed by atoms with van der Waals surface area (Å²) in [5.74, 6) is 0.474. The Hall–Kier alpha value is -1.09. The van der Waals surface area contributed by atoms with Gasteiger partial charge in [0.15, 0.2) is 0 Å². The van der Waals surface area contributed by atoms with Gasteiger partial charge in [0.05, 0.1) is 18.0 Å². The Bertz CT molecular complexity index is 306. The molecule has 70 valence electrons. The van der Waals surface area contributed by atoms with Crippen molar-refractivity contribution in [2.75, 3.05) is 18.9 Å². The van der Waals surface area contributed by atoms with Crippen molar-refractivity contribution in [2.45, 2.75) is 19.3 Å². The molecule has 2 heterocycles. The quantitative estimate of drug-likeness (QED) is 0.708. The molecular formula is C10H14N2O. The molecule has 0 aliphatic carbocycles. The number of nitrogens with two attached hydrogens (primary N) is 1. The molecule has 0 aromatic carbocycles. The third-order valence-corrected chi connectivity index (χ3v) is 2.59. The molecule has 3 heteroatoms. The number of nitrogen functional groups attached to an aromatic ring is 1. The van der Waals surface area contributed by atoms with Crippen LogP contribution in [0.2, 0.25) is 0 Å². The molecule has 0 saturated carbocycles. The van der Waals surface area contributed by atoms with Gasteiger partial charge in [-0.15, -0.1) is 0 Å². The summed E-state index contributed by atoms with van der Waals surface area (Å²) in [7, 11) is 0. The van der Waals surface area contributed by atoms with Crippen molar-refractivity contribution in [3.05, 3.63) is 23.5 Å². The van der Waals surface area contributed by atoms with E-state index in [9.17, 15) is 0 Å². The lowest BCUT2D eigenvalue weighted by Gasteiger charge is -2.11. The van der Waals surface area contributed by atoms with E-state index in [1.54, 1.807) is 0 Å². The van der Waals surface area contributed by atoms with Gasteiger partial charge in [-0.05, 0) is 25.0 Å². The number of hydrogen-bond donors (Lipinski definition) is 1. The van der Waals surface area contributed by atoms with Crippen molar-refractivity contribution in [3.63, 3.8) is 0 Å². The van der Waals surface area contributed by atoms with Crippen LogP contribution >= 0.6 is 0 Å². The second-order valence-corrected chi connectivity index (χ2v) is 3.46. The van der Waals surface area contributed by atoms with Crippen molar-refractivity contribution < 1.29 is 4.74 Å². The van der Waals surface area contributed by atoms with Crippen LogP contribution in [0.15, 0.2) is 12.3 Å². The zero-order valence-corrected chi connectivity index (χ0v) is 7.79. The second-order valence-electron chi connectivity index (χ2n) is 3.46. The summed E-state index contributed by atoms with van der Waals surface area (Å²) >= 11 is 0. The Kier molecular flexibility index (Phi) is 2.19. The van der Waals surface area contributed by atoms with E-state index in [-0.39, 0.29) is 0 Å². The number of anilines is 1. The molecule has 0 radical (unpaired) electrons. The van der Waals surface area contributed by atoms with Gasteiger partial charge in [0.2, 0.25) is 0 Å². The monoisotopic (exact) mass is 178 g/mol. The van der Waals surface area contributed by atoms with E-state index in [4.69, 9.17) is 10.5 Å². The van der Waals surface area contributed by atoms with Gasteiger partial charge in [-0.1, -0.05) is 0 Å². The first-order valence-corrected chi connectivity index (χ1v) is 4.58. The first kappa shape index (κ1) is 8.51. The lowest BCUT2D eigenvalue weighted by molar-refractivity contribution is 0.194. The summed E-state index contributed by atoms with van der Waals surface area (Å²) in [4.78, 5) is 4.14. The van der Waals surface area contributed by atoms with E-state index >= 15 is 0 Å². The molecule has 0 amide bonds. The Balaban J connectivity index is 2.33. The Labute approximate surface area is 77.9 Å². The highest BCUT2D eigenvalue weighted by Crippen LogP contribution is 2.29. The molecule has 3 nitrogen and oxygen atoms in total. The molecule has 2 N–H and O–H groups in total.